The van der Waals surface area contributed by atoms with Gasteiger partial charge in [-0.05, 0) is 110 Å². The van der Waals surface area contributed by atoms with Crippen molar-refractivity contribution in [3.05, 3.63) is 101 Å². The average molecular weight is 670 g/mol. The molecule has 47 heavy (non-hydrogen) atoms. The Labute approximate surface area is 279 Å². The number of nitrogens with zero attached hydrogens (tertiary/aromatic N) is 2. The third-order valence-electron chi connectivity index (χ3n) is 8.45. The number of carbonyl (C=O) groups is 2. The fourth-order valence-electron chi connectivity index (χ4n) is 6.25. The summed E-state index contributed by atoms with van der Waals surface area (Å²) in [6.45, 7) is 3.43. The van der Waals surface area contributed by atoms with Gasteiger partial charge in [-0.15, -0.1) is 0 Å². The van der Waals surface area contributed by atoms with E-state index in [4.69, 9.17) is 21.3 Å². The first-order chi connectivity index (χ1) is 22.5. The van der Waals surface area contributed by atoms with Crippen molar-refractivity contribution < 1.29 is 24.0 Å². The monoisotopic (exact) mass is 669 g/mol. The molecule has 1 saturated carbocycles. The standard InChI is InChI=1S/C37H37ClN3O5P/c1-47(2,45)23-35(42)39-29-15-18-32(24-8-13-28(38)14-9-24)27(20-29)22-46-31-16-10-25(11-17-31)36-40-33-21-26(37(43)44)12-19-34(33)41(36)30-6-4-3-5-7-30/h8-21,30H,3-7,22-23H2,1-2H3,(H,39,42)(H,43,44). The summed E-state index contributed by atoms with van der Waals surface area (Å²) >= 11 is 6.14. The Balaban J connectivity index is 1.27. The van der Waals surface area contributed by atoms with Crippen LogP contribution in [0.4, 0.5) is 5.69 Å². The number of aromatic carboxylic acids is 1. The first-order valence-corrected chi connectivity index (χ1v) is 18.9. The number of amides is 1. The number of hydrogen-bond donors (Lipinski definition) is 2. The van der Waals surface area contributed by atoms with E-state index in [0.717, 1.165) is 59.3 Å². The van der Waals surface area contributed by atoms with Crippen molar-refractivity contribution in [2.45, 2.75) is 44.8 Å². The zero-order valence-corrected chi connectivity index (χ0v) is 28.1. The van der Waals surface area contributed by atoms with Crippen LogP contribution in [0, 0.1) is 0 Å². The Morgan fingerprint density at radius 2 is 1.64 bits per heavy atom. The minimum absolute atomic E-state index is 0.0284. The number of rotatable bonds is 10. The van der Waals surface area contributed by atoms with E-state index in [-0.39, 0.29) is 24.2 Å². The summed E-state index contributed by atoms with van der Waals surface area (Å²) in [4.78, 5) is 29.1. The molecule has 10 heteroatoms. The highest BCUT2D eigenvalue weighted by molar-refractivity contribution is 7.63. The van der Waals surface area contributed by atoms with Gasteiger partial charge >= 0.3 is 5.97 Å². The molecule has 2 N–H and O–H groups in total. The van der Waals surface area contributed by atoms with Crippen molar-refractivity contribution in [2.75, 3.05) is 24.8 Å². The molecular weight excluding hydrogens is 633 g/mol. The van der Waals surface area contributed by atoms with Crippen LogP contribution in [-0.2, 0) is 16.0 Å². The summed E-state index contributed by atoms with van der Waals surface area (Å²) in [6.07, 6.45) is 5.63. The number of carbonyl (C=O) groups excluding carboxylic acids is 1. The van der Waals surface area contributed by atoms with Crippen molar-refractivity contribution in [1.82, 2.24) is 9.55 Å². The number of fused-ring (bicyclic) bond motifs is 1. The molecule has 1 aromatic heterocycles. The van der Waals surface area contributed by atoms with Crippen LogP contribution in [-0.4, -0.2) is 46.0 Å². The van der Waals surface area contributed by atoms with Gasteiger partial charge in [-0.2, -0.15) is 0 Å². The maximum Gasteiger partial charge on any atom is 0.335 e. The summed E-state index contributed by atoms with van der Waals surface area (Å²) in [7, 11) is -2.52. The van der Waals surface area contributed by atoms with E-state index >= 15 is 0 Å². The number of halogens is 1. The highest BCUT2D eigenvalue weighted by Gasteiger charge is 2.23. The third-order valence-corrected chi connectivity index (χ3v) is 9.75. The zero-order valence-electron chi connectivity index (χ0n) is 26.4. The Kier molecular flexibility index (Phi) is 9.53. The number of nitrogens with one attached hydrogen (secondary N) is 1. The Morgan fingerprint density at radius 1 is 0.936 bits per heavy atom. The highest BCUT2D eigenvalue weighted by Crippen LogP contribution is 2.38. The van der Waals surface area contributed by atoms with E-state index in [1.54, 1.807) is 25.5 Å². The van der Waals surface area contributed by atoms with Crippen LogP contribution >= 0.6 is 18.7 Å². The first-order valence-electron chi connectivity index (χ1n) is 15.8. The van der Waals surface area contributed by atoms with E-state index in [2.05, 4.69) is 9.88 Å². The molecule has 6 rings (SSSR count). The van der Waals surface area contributed by atoms with Gasteiger partial charge in [0.1, 0.15) is 18.2 Å². The number of carboxylic acids is 1. The van der Waals surface area contributed by atoms with Crippen LogP contribution in [0.1, 0.15) is 54.1 Å². The summed E-state index contributed by atoms with van der Waals surface area (Å²) in [5.41, 5.74) is 6.12. The fraction of sp³-hybridized carbons (Fsp3) is 0.270. The third kappa shape index (κ3) is 7.78. The molecule has 1 aliphatic carbocycles. The largest absolute Gasteiger partial charge is 0.489 e. The lowest BCUT2D eigenvalue weighted by Crippen LogP contribution is -2.16. The van der Waals surface area contributed by atoms with Gasteiger partial charge in [0.05, 0.1) is 29.9 Å². The molecule has 0 atom stereocenters. The molecular formula is C37H37ClN3O5P. The number of benzene rings is 4. The van der Waals surface area contributed by atoms with Gasteiger partial charge in [0.15, 0.2) is 0 Å². The second-order valence-electron chi connectivity index (χ2n) is 12.6. The molecule has 4 aromatic carbocycles. The molecule has 0 spiro atoms. The first kappa shape index (κ1) is 32.5. The molecule has 0 bridgehead atoms. The minimum atomic E-state index is -2.52. The number of imidazole rings is 1. The van der Waals surface area contributed by atoms with Crippen LogP contribution in [0.2, 0.25) is 5.02 Å². The van der Waals surface area contributed by atoms with E-state index in [1.165, 1.54) is 6.42 Å². The van der Waals surface area contributed by atoms with Gasteiger partial charge in [0.2, 0.25) is 5.91 Å². The van der Waals surface area contributed by atoms with Crippen molar-refractivity contribution in [1.29, 1.82) is 0 Å². The van der Waals surface area contributed by atoms with Gasteiger partial charge in [0.25, 0.3) is 0 Å². The van der Waals surface area contributed by atoms with Crippen molar-refractivity contribution in [2.24, 2.45) is 0 Å². The van der Waals surface area contributed by atoms with Gasteiger partial charge in [-0.25, -0.2) is 9.78 Å². The Morgan fingerprint density at radius 3 is 2.32 bits per heavy atom. The minimum Gasteiger partial charge on any atom is -0.489 e. The average Bonchev–Trinajstić information content (AvgIpc) is 3.43. The molecule has 5 aromatic rings. The lowest BCUT2D eigenvalue weighted by atomic mass is 9.95. The van der Waals surface area contributed by atoms with Gasteiger partial charge in [-0.1, -0.05) is 49.1 Å². The summed E-state index contributed by atoms with van der Waals surface area (Å²) in [5.74, 6) is 0.218. The predicted molar refractivity (Wildman–Crippen MR) is 188 cm³/mol. The molecule has 0 unspecified atom stereocenters. The summed E-state index contributed by atoms with van der Waals surface area (Å²) in [6, 6.07) is 26.5. The normalized spacial score (nSPS) is 13.9. The quantitative estimate of drug-likeness (QED) is 0.143. The molecule has 0 aliphatic heterocycles. The van der Waals surface area contributed by atoms with Crippen LogP contribution in [0.5, 0.6) is 5.75 Å². The molecule has 1 aliphatic rings. The summed E-state index contributed by atoms with van der Waals surface area (Å²) in [5, 5.41) is 13.1. The van der Waals surface area contributed by atoms with Crippen molar-refractivity contribution >= 4 is 47.3 Å². The molecule has 0 radical (unpaired) electrons. The van der Waals surface area contributed by atoms with Crippen LogP contribution in [0.15, 0.2) is 84.9 Å². The lowest BCUT2D eigenvalue weighted by Gasteiger charge is -2.25. The fourth-order valence-corrected chi connectivity index (χ4v) is 7.15. The van der Waals surface area contributed by atoms with Gasteiger partial charge < -0.3 is 24.3 Å². The molecule has 1 fully saturated rings. The number of carboxylic acid groups (broad SMARTS) is 1. The number of ether oxygens (including phenoxy) is 1. The smallest absolute Gasteiger partial charge is 0.335 e. The number of aromatic nitrogens is 2. The second kappa shape index (κ2) is 13.8. The lowest BCUT2D eigenvalue weighted by molar-refractivity contribution is -0.113. The van der Waals surface area contributed by atoms with E-state index in [0.29, 0.717) is 28.0 Å². The Bertz CT molecular complexity index is 1980. The van der Waals surface area contributed by atoms with Gasteiger partial charge in [0, 0.05) is 22.3 Å². The predicted octanol–water partition coefficient (Wildman–Crippen LogP) is 9.37. The van der Waals surface area contributed by atoms with Crippen LogP contribution < -0.4 is 10.1 Å². The van der Waals surface area contributed by atoms with E-state index in [9.17, 15) is 19.3 Å². The number of hydrogen-bond acceptors (Lipinski definition) is 5. The topological polar surface area (TPSA) is 111 Å². The molecule has 1 heterocycles. The molecule has 1 amide bonds. The SMILES string of the molecule is CP(C)(=O)CC(=O)Nc1ccc(-c2ccc(Cl)cc2)c(COc2ccc(-c3nc4cc(C(=O)O)ccc4n3C3CCCCC3)cc2)c1. The van der Waals surface area contributed by atoms with E-state index < -0.39 is 13.1 Å². The summed E-state index contributed by atoms with van der Waals surface area (Å²) < 4.78 is 20.7. The van der Waals surface area contributed by atoms with Crippen molar-refractivity contribution in [3.8, 4) is 28.3 Å². The van der Waals surface area contributed by atoms with Crippen molar-refractivity contribution in [3.63, 3.8) is 0 Å². The second-order valence-corrected chi connectivity index (χ2v) is 16.5. The molecule has 242 valence electrons. The van der Waals surface area contributed by atoms with Gasteiger partial charge in [-0.3, -0.25) is 4.79 Å². The highest BCUT2D eigenvalue weighted by atomic mass is 35.5. The molecule has 8 nitrogen and oxygen atoms in total. The maximum absolute atomic E-state index is 12.5. The molecule has 0 saturated heterocycles. The zero-order chi connectivity index (χ0) is 33.1. The van der Waals surface area contributed by atoms with E-state index in [1.807, 2.05) is 72.8 Å². The Hall–Kier alpha value is -4.39. The maximum atomic E-state index is 12.5. The van der Waals surface area contributed by atoms with Crippen LogP contribution in [0.25, 0.3) is 33.5 Å². The van der Waals surface area contributed by atoms with Crippen LogP contribution in [0.3, 0.4) is 0 Å². The number of anilines is 1.